The minimum Gasteiger partial charge on any atom is -0.335 e. The van der Waals surface area contributed by atoms with Gasteiger partial charge < -0.3 is 9.84 Å². The maximum absolute atomic E-state index is 14.1. The fourth-order valence-corrected chi connectivity index (χ4v) is 2.72. The van der Waals surface area contributed by atoms with Crippen LogP contribution < -0.4 is 10.9 Å². The van der Waals surface area contributed by atoms with Crippen molar-refractivity contribution < 1.29 is 18.1 Å². The monoisotopic (exact) mass is 382 g/mol. The van der Waals surface area contributed by atoms with Gasteiger partial charge in [0, 0.05) is 11.3 Å². The van der Waals surface area contributed by atoms with Crippen molar-refractivity contribution in [1.82, 2.24) is 14.7 Å². The highest BCUT2D eigenvalue weighted by molar-refractivity contribution is 5.91. The molecule has 1 N–H and O–H groups in total. The van der Waals surface area contributed by atoms with Crippen LogP contribution in [0.25, 0.3) is 22.4 Å². The molecule has 0 saturated heterocycles. The predicted molar refractivity (Wildman–Crippen MR) is 96.5 cm³/mol. The van der Waals surface area contributed by atoms with Crippen molar-refractivity contribution in [2.45, 2.75) is 6.54 Å². The van der Waals surface area contributed by atoms with Gasteiger partial charge in [0.05, 0.1) is 0 Å². The Morgan fingerprint density at radius 2 is 1.86 bits per heavy atom. The minimum atomic E-state index is -0.598. The second-order valence-corrected chi connectivity index (χ2v) is 5.92. The first-order valence-corrected chi connectivity index (χ1v) is 8.18. The van der Waals surface area contributed by atoms with Crippen LogP contribution in [0, 0.1) is 11.6 Å². The molecule has 2 aromatic heterocycles. The van der Waals surface area contributed by atoms with Gasteiger partial charge in [-0.05, 0) is 36.4 Å². The van der Waals surface area contributed by atoms with E-state index in [-0.39, 0.29) is 28.9 Å². The predicted octanol–water partition coefficient (Wildman–Crippen LogP) is 2.97. The van der Waals surface area contributed by atoms with E-state index in [2.05, 4.69) is 15.5 Å². The number of carbonyl (C=O) groups excluding carboxylic acids is 1. The molecule has 9 heteroatoms. The number of halogens is 2. The molecular formula is C19H12F2N4O3. The molecule has 0 atom stereocenters. The van der Waals surface area contributed by atoms with Gasteiger partial charge in [0.1, 0.15) is 35.6 Å². The molecule has 0 saturated carbocycles. The summed E-state index contributed by atoms with van der Waals surface area (Å²) >= 11 is 0. The Morgan fingerprint density at radius 1 is 1.11 bits per heavy atom. The molecule has 7 nitrogen and oxygen atoms in total. The van der Waals surface area contributed by atoms with Crippen molar-refractivity contribution >= 4 is 22.7 Å². The summed E-state index contributed by atoms with van der Waals surface area (Å²) < 4.78 is 33.1. The number of aromatic nitrogens is 3. The second-order valence-electron chi connectivity index (χ2n) is 5.92. The summed E-state index contributed by atoms with van der Waals surface area (Å²) in [6, 6.07) is 11.0. The molecule has 0 aliphatic heterocycles. The number of hydrogen-bond acceptors (Lipinski definition) is 5. The van der Waals surface area contributed by atoms with Crippen molar-refractivity contribution in [2.24, 2.45) is 0 Å². The summed E-state index contributed by atoms with van der Waals surface area (Å²) in [5, 5.41) is 6.28. The first-order chi connectivity index (χ1) is 13.5. The zero-order valence-electron chi connectivity index (χ0n) is 14.2. The van der Waals surface area contributed by atoms with Gasteiger partial charge in [-0.2, -0.15) is 0 Å². The van der Waals surface area contributed by atoms with Gasteiger partial charge in [0.2, 0.25) is 5.91 Å². The zero-order valence-corrected chi connectivity index (χ0v) is 14.2. The van der Waals surface area contributed by atoms with Crippen molar-refractivity contribution in [2.75, 3.05) is 5.32 Å². The maximum Gasteiger partial charge on any atom is 0.267 e. The molecule has 140 valence electrons. The average Bonchev–Trinajstić information content (AvgIpc) is 3.11. The lowest BCUT2D eigenvalue weighted by atomic mass is 10.1. The van der Waals surface area contributed by atoms with Crippen LogP contribution >= 0.6 is 0 Å². The summed E-state index contributed by atoms with van der Waals surface area (Å²) in [6.45, 7) is -0.346. The summed E-state index contributed by atoms with van der Waals surface area (Å²) in [5.74, 6) is -1.52. The SMILES string of the molecule is O=C(Cn1cnc2onc(-c3ccccc3F)c2c1=O)Nc1ccc(F)cc1. The van der Waals surface area contributed by atoms with Gasteiger partial charge in [-0.25, -0.2) is 13.8 Å². The van der Waals surface area contributed by atoms with E-state index in [9.17, 15) is 18.4 Å². The number of rotatable bonds is 4. The lowest BCUT2D eigenvalue weighted by Crippen LogP contribution is -2.27. The molecule has 0 radical (unpaired) electrons. The third kappa shape index (κ3) is 3.25. The number of anilines is 1. The third-order valence-electron chi connectivity index (χ3n) is 4.03. The number of amides is 1. The molecule has 0 spiro atoms. The zero-order chi connectivity index (χ0) is 19.7. The van der Waals surface area contributed by atoms with Crippen LogP contribution in [0.1, 0.15) is 0 Å². The fraction of sp³-hybridized carbons (Fsp3) is 0.0526. The normalized spacial score (nSPS) is 10.9. The lowest BCUT2D eigenvalue weighted by molar-refractivity contribution is -0.116. The van der Waals surface area contributed by atoms with Gasteiger partial charge in [0.15, 0.2) is 0 Å². The highest BCUT2D eigenvalue weighted by atomic mass is 19.1. The van der Waals surface area contributed by atoms with Crippen LogP contribution in [0.15, 0.2) is 64.2 Å². The Balaban J connectivity index is 1.67. The fourth-order valence-electron chi connectivity index (χ4n) is 2.72. The standard InChI is InChI=1S/C19H12F2N4O3/c20-11-5-7-12(8-6-11)23-15(26)9-25-10-22-18-16(19(25)27)17(24-28-18)13-3-1-2-4-14(13)21/h1-8,10H,9H2,(H,23,26). The van der Waals surface area contributed by atoms with Crippen molar-refractivity contribution in [3.05, 3.63) is 76.8 Å². The van der Waals surface area contributed by atoms with Crippen molar-refractivity contribution in [3.8, 4) is 11.3 Å². The van der Waals surface area contributed by atoms with Crippen LogP contribution in [0.3, 0.4) is 0 Å². The Bertz CT molecular complexity index is 1230. The van der Waals surface area contributed by atoms with Gasteiger partial charge in [-0.1, -0.05) is 17.3 Å². The first-order valence-electron chi connectivity index (χ1n) is 8.18. The highest BCUT2D eigenvalue weighted by Gasteiger charge is 2.20. The maximum atomic E-state index is 14.1. The second kappa shape index (κ2) is 7.03. The molecule has 0 fully saturated rings. The van der Waals surface area contributed by atoms with E-state index in [1.54, 1.807) is 6.07 Å². The number of benzene rings is 2. The van der Waals surface area contributed by atoms with Gasteiger partial charge in [-0.15, -0.1) is 0 Å². The average molecular weight is 382 g/mol. The molecule has 2 aromatic carbocycles. The smallest absolute Gasteiger partial charge is 0.267 e. The summed E-state index contributed by atoms with van der Waals surface area (Å²) in [6.07, 6.45) is 1.14. The van der Waals surface area contributed by atoms with Gasteiger partial charge in [0.25, 0.3) is 11.3 Å². The Hall–Kier alpha value is -3.88. The number of fused-ring (bicyclic) bond motifs is 1. The molecule has 2 heterocycles. The molecule has 4 aromatic rings. The van der Waals surface area contributed by atoms with Crippen LogP contribution in [-0.4, -0.2) is 20.6 Å². The largest absolute Gasteiger partial charge is 0.335 e. The Kier molecular flexibility index (Phi) is 4.40. The number of hydrogen-bond donors (Lipinski definition) is 1. The van der Waals surface area contributed by atoms with E-state index < -0.39 is 23.1 Å². The molecule has 0 bridgehead atoms. The molecular weight excluding hydrogens is 370 g/mol. The van der Waals surface area contributed by atoms with Crippen molar-refractivity contribution in [1.29, 1.82) is 0 Å². The van der Waals surface area contributed by atoms with Crippen LogP contribution in [0.2, 0.25) is 0 Å². The third-order valence-corrected chi connectivity index (χ3v) is 4.03. The molecule has 0 unspecified atom stereocenters. The van der Waals surface area contributed by atoms with E-state index in [4.69, 9.17) is 4.52 Å². The highest BCUT2D eigenvalue weighted by Crippen LogP contribution is 2.26. The summed E-state index contributed by atoms with van der Waals surface area (Å²) in [5.41, 5.74) is -0.171. The van der Waals surface area contributed by atoms with Crippen molar-refractivity contribution in [3.63, 3.8) is 0 Å². The molecule has 0 aliphatic rings. The first kappa shape index (κ1) is 17.5. The van der Waals surface area contributed by atoms with E-state index in [1.807, 2.05) is 0 Å². The molecule has 28 heavy (non-hydrogen) atoms. The lowest BCUT2D eigenvalue weighted by Gasteiger charge is -2.07. The van der Waals surface area contributed by atoms with E-state index in [0.29, 0.717) is 5.69 Å². The van der Waals surface area contributed by atoms with Crippen LogP contribution in [0.5, 0.6) is 0 Å². The van der Waals surface area contributed by atoms with Gasteiger partial charge in [-0.3, -0.25) is 14.2 Å². The number of carbonyl (C=O) groups is 1. The minimum absolute atomic E-state index is 0.0129. The molecule has 4 rings (SSSR count). The van der Waals surface area contributed by atoms with Crippen LogP contribution in [0.4, 0.5) is 14.5 Å². The molecule has 0 aliphatic carbocycles. The Labute approximate surface area is 156 Å². The van der Waals surface area contributed by atoms with E-state index in [1.165, 1.54) is 42.5 Å². The van der Waals surface area contributed by atoms with Gasteiger partial charge >= 0.3 is 0 Å². The summed E-state index contributed by atoms with van der Waals surface area (Å²) in [7, 11) is 0. The van der Waals surface area contributed by atoms with Crippen LogP contribution in [-0.2, 0) is 11.3 Å². The Morgan fingerprint density at radius 3 is 2.61 bits per heavy atom. The quantitative estimate of drug-likeness (QED) is 0.586. The number of nitrogens with one attached hydrogen (secondary N) is 1. The molecule has 1 amide bonds. The summed E-state index contributed by atoms with van der Waals surface area (Å²) in [4.78, 5) is 29.0. The van der Waals surface area contributed by atoms with E-state index >= 15 is 0 Å². The number of nitrogens with zero attached hydrogens (tertiary/aromatic N) is 3. The topological polar surface area (TPSA) is 90.0 Å². The van der Waals surface area contributed by atoms with E-state index in [0.717, 1.165) is 10.9 Å².